The Morgan fingerprint density at radius 1 is 0.904 bits per heavy atom. The van der Waals surface area contributed by atoms with Gasteiger partial charge in [-0.3, -0.25) is 9.59 Å². The predicted molar refractivity (Wildman–Crippen MR) is 194 cm³/mol. The van der Waals surface area contributed by atoms with Crippen molar-refractivity contribution in [1.82, 2.24) is 0 Å². The molecular weight excluding hydrogens is 656 g/mol. The van der Waals surface area contributed by atoms with Crippen LogP contribution in [0.2, 0.25) is 0 Å². The van der Waals surface area contributed by atoms with Gasteiger partial charge in [-0.15, -0.1) is 0 Å². The summed E-state index contributed by atoms with van der Waals surface area (Å²) < 4.78 is 12.1. The zero-order valence-electron chi connectivity index (χ0n) is 29.6. The monoisotopic (exact) mass is 702 g/mol. The first-order chi connectivity index (χ1) is 25.1. The Kier molecular flexibility index (Phi) is 10.4. The van der Waals surface area contributed by atoms with Gasteiger partial charge in [0.1, 0.15) is 29.0 Å². The molecule has 0 spiro atoms. The number of ketones is 1. The number of aliphatic hydroxyl groups is 2. The lowest BCUT2D eigenvalue weighted by molar-refractivity contribution is -0.176. The minimum Gasteiger partial charge on any atom is -0.508 e. The number of fused-ring (bicyclic) bond motifs is 8. The van der Waals surface area contributed by atoms with Crippen LogP contribution in [-0.2, 0) is 45.0 Å². The van der Waals surface area contributed by atoms with Gasteiger partial charge in [0.25, 0.3) is 0 Å². The van der Waals surface area contributed by atoms with Crippen LogP contribution >= 0.6 is 0 Å². The number of rotatable bonds is 4. The van der Waals surface area contributed by atoms with Gasteiger partial charge in [0.15, 0.2) is 0 Å². The first-order valence-electron chi connectivity index (χ1n) is 18.6. The number of hydrogen-bond acceptors (Lipinski definition) is 8. The number of Topliss-reactive ketones (excluding diaryl/α,β-unsaturated/α-hetero) is 1. The van der Waals surface area contributed by atoms with E-state index in [0.717, 1.165) is 16.7 Å². The van der Waals surface area contributed by atoms with Crippen LogP contribution in [0.1, 0.15) is 104 Å². The number of benzene rings is 3. The summed E-state index contributed by atoms with van der Waals surface area (Å²) in [6, 6.07) is 18.9. The van der Waals surface area contributed by atoms with Crippen LogP contribution in [0.15, 0.2) is 72.3 Å². The molecule has 1 aliphatic carbocycles. The maximum Gasteiger partial charge on any atom is 0.334 e. The van der Waals surface area contributed by atoms with E-state index in [2.05, 4.69) is 30.0 Å². The van der Waals surface area contributed by atoms with Crippen molar-refractivity contribution >= 4 is 17.7 Å². The zero-order valence-corrected chi connectivity index (χ0v) is 29.6. The summed E-state index contributed by atoms with van der Waals surface area (Å²) in [6.45, 7) is 1.83. The van der Waals surface area contributed by atoms with E-state index in [4.69, 9.17) is 9.47 Å². The minimum absolute atomic E-state index is 0.0145. The number of carbonyl (C=O) groups excluding carboxylic acids is 3. The molecule has 3 aromatic rings. The molecule has 3 heterocycles. The van der Waals surface area contributed by atoms with Crippen LogP contribution in [0.25, 0.3) is 0 Å². The van der Waals surface area contributed by atoms with Crippen LogP contribution in [0.3, 0.4) is 0 Å². The maximum atomic E-state index is 14.6. The fraction of sp³-hybridized carbons (Fsp3) is 0.432. The Balaban J connectivity index is 1.42. The van der Waals surface area contributed by atoms with E-state index in [0.29, 0.717) is 73.6 Å². The third-order valence-corrected chi connectivity index (χ3v) is 11.5. The average molecular weight is 703 g/mol. The highest BCUT2D eigenvalue weighted by molar-refractivity contribution is 5.89. The summed E-state index contributed by atoms with van der Waals surface area (Å²) in [6.07, 6.45) is 5.06. The highest BCUT2D eigenvalue weighted by Gasteiger charge is 2.49. The van der Waals surface area contributed by atoms with Crippen molar-refractivity contribution < 1.29 is 39.2 Å². The smallest absolute Gasteiger partial charge is 0.334 e. The van der Waals surface area contributed by atoms with Gasteiger partial charge < -0.3 is 24.8 Å². The fourth-order valence-corrected chi connectivity index (χ4v) is 8.69. The number of aliphatic hydroxyl groups excluding tert-OH is 1. The van der Waals surface area contributed by atoms with Gasteiger partial charge in [-0.25, -0.2) is 4.79 Å². The van der Waals surface area contributed by atoms with Crippen molar-refractivity contribution in [3.63, 3.8) is 0 Å². The second kappa shape index (κ2) is 15.1. The Morgan fingerprint density at radius 3 is 2.54 bits per heavy atom. The number of carbonyl (C=O) groups is 3. The summed E-state index contributed by atoms with van der Waals surface area (Å²) in [4.78, 5) is 40.7. The number of hydrogen-bond donors (Lipinski definition) is 3. The van der Waals surface area contributed by atoms with E-state index in [9.17, 15) is 29.7 Å². The van der Waals surface area contributed by atoms with Crippen molar-refractivity contribution in [1.29, 1.82) is 0 Å². The van der Waals surface area contributed by atoms with Crippen LogP contribution in [0.5, 0.6) is 11.5 Å². The zero-order chi connectivity index (χ0) is 36.4. The number of phenolic OH excluding ortho intramolecular Hbond substituents is 1. The van der Waals surface area contributed by atoms with Gasteiger partial charge in [0.2, 0.25) is 0 Å². The van der Waals surface area contributed by atoms with Crippen LogP contribution in [0.4, 0.5) is 0 Å². The molecule has 1 fully saturated rings. The molecule has 6 atom stereocenters. The normalized spacial score (nSPS) is 27.6. The summed E-state index contributed by atoms with van der Waals surface area (Å²) in [5, 5.41) is 34.2. The van der Waals surface area contributed by atoms with E-state index >= 15 is 0 Å². The molecule has 52 heavy (non-hydrogen) atoms. The van der Waals surface area contributed by atoms with Crippen LogP contribution in [0, 0.1) is 23.7 Å². The molecule has 1 saturated carbocycles. The Morgan fingerprint density at radius 2 is 1.71 bits per heavy atom. The van der Waals surface area contributed by atoms with Crippen molar-refractivity contribution in [3.8, 4) is 23.3 Å². The summed E-state index contributed by atoms with van der Waals surface area (Å²) >= 11 is 0. The average Bonchev–Trinajstić information content (AvgIpc) is 3.13. The lowest BCUT2D eigenvalue weighted by atomic mass is 9.66. The largest absolute Gasteiger partial charge is 0.508 e. The second-order valence-electron chi connectivity index (χ2n) is 15.0. The van der Waals surface area contributed by atoms with Gasteiger partial charge in [0.05, 0.1) is 18.9 Å². The lowest BCUT2D eigenvalue weighted by Gasteiger charge is -2.45. The van der Waals surface area contributed by atoms with Crippen LogP contribution < -0.4 is 4.74 Å². The van der Waals surface area contributed by atoms with Crippen molar-refractivity contribution in [2.45, 2.75) is 108 Å². The topological polar surface area (TPSA) is 130 Å². The molecule has 6 unspecified atom stereocenters. The maximum absolute atomic E-state index is 14.6. The van der Waals surface area contributed by atoms with Gasteiger partial charge >= 0.3 is 11.9 Å². The Bertz CT molecular complexity index is 1970. The van der Waals surface area contributed by atoms with Crippen molar-refractivity contribution in [3.05, 3.63) is 106 Å². The molecule has 270 valence electrons. The number of aromatic hydroxyl groups is 1. The van der Waals surface area contributed by atoms with Crippen molar-refractivity contribution in [2.75, 3.05) is 0 Å². The Hall–Kier alpha value is -4.71. The molecule has 4 aliphatic rings. The van der Waals surface area contributed by atoms with Gasteiger partial charge in [-0.05, 0) is 84.7 Å². The fourth-order valence-electron chi connectivity index (χ4n) is 8.69. The van der Waals surface area contributed by atoms with Gasteiger partial charge in [-0.2, -0.15) is 0 Å². The van der Waals surface area contributed by atoms with Crippen LogP contribution in [-0.4, -0.2) is 44.7 Å². The predicted octanol–water partition coefficient (Wildman–Crippen LogP) is 6.55. The second-order valence-corrected chi connectivity index (χ2v) is 15.0. The number of ether oxygens (including phenoxy) is 2. The molecule has 8 bridgehead atoms. The highest BCUT2D eigenvalue weighted by Crippen LogP contribution is 2.45. The lowest BCUT2D eigenvalue weighted by Crippen LogP contribution is -2.54. The van der Waals surface area contributed by atoms with E-state index in [1.54, 1.807) is 6.07 Å². The third kappa shape index (κ3) is 7.44. The number of allylic oxidation sites excluding steroid dienone is 1. The SMILES string of the molecule is CCCC1(O)C2CCC(=O)C(Cc3cccc(c3)CCC=C3CC(c4cccc(CO)c4)C#CC4CC(=O)Oc5cc(O)c(cc54)CC1OC3=O)C2. The van der Waals surface area contributed by atoms with E-state index in [1.807, 2.05) is 43.3 Å². The molecule has 0 aromatic heterocycles. The van der Waals surface area contributed by atoms with Gasteiger partial charge in [0, 0.05) is 41.9 Å². The van der Waals surface area contributed by atoms with Crippen molar-refractivity contribution in [2.24, 2.45) is 11.8 Å². The van der Waals surface area contributed by atoms with Gasteiger partial charge in [-0.1, -0.05) is 79.8 Å². The van der Waals surface area contributed by atoms with E-state index in [1.165, 1.54) is 6.07 Å². The molecule has 0 amide bonds. The molecule has 0 radical (unpaired) electrons. The molecule has 7 rings (SSSR count). The first kappa shape index (κ1) is 35.7. The number of phenols is 1. The molecule has 8 heteroatoms. The Labute approximate surface area is 304 Å². The molecule has 3 aromatic carbocycles. The highest BCUT2D eigenvalue weighted by atomic mass is 16.6. The summed E-state index contributed by atoms with van der Waals surface area (Å²) in [7, 11) is 0. The minimum atomic E-state index is -1.50. The first-order valence-corrected chi connectivity index (χ1v) is 18.6. The third-order valence-electron chi connectivity index (χ3n) is 11.5. The summed E-state index contributed by atoms with van der Waals surface area (Å²) in [5.41, 5.74) is 3.71. The quantitative estimate of drug-likeness (QED) is 0.159. The standard InChI is InChI=1S/C44H46O8/c1-2-16-44(50)36-14-15-38(46)34(21-36)18-28-8-3-6-27(17-28)7-4-11-33-20-31(30-10-5-9-29(19-30)26-45)12-13-32-24-42(48)51-40-25-39(47)35(22-37(32)40)23-41(44)52-43(33)49/h3,5-6,8-11,17,19,22,25,31-32,34,36,41,45,47,50H,2,4,7,14-16,18,20-21,23-24,26H2,1H3. The molecule has 3 N–H and O–H groups in total. The van der Waals surface area contributed by atoms with E-state index in [-0.39, 0.29) is 55.0 Å². The molecule has 0 saturated heterocycles. The van der Waals surface area contributed by atoms with E-state index < -0.39 is 35.5 Å². The number of esters is 2. The number of aryl methyl sites for hydroxylation is 1. The molecule has 8 nitrogen and oxygen atoms in total. The summed E-state index contributed by atoms with van der Waals surface area (Å²) in [5.74, 6) is 4.35. The molecule has 3 aliphatic heterocycles. The molecular formula is C44H46O8.